The predicted octanol–water partition coefficient (Wildman–Crippen LogP) is 4.51. The van der Waals surface area contributed by atoms with Crippen LogP contribution in [0.3, 0.4) is 0 Å². The van der Waals surface area contributed by atoms with Crippen LogP contribution in [0.25, 0.3) is 22.0 Å². The minimum absolute atomic E-state index is 0.0930. The summed E-state index contributed by atoms with van der Waals surface area (Å²) >= 11 is 0. The Morgan fingerprint density at radius 2 is 1.75 bits per heavy atom. The molecule has 4 aromatic rings. The van der Waals surface area contributed by atoms with E-state index in [9.17, 15) is 4.79 Å². The highest BCUT2D eigenvalue weighted by Gasteiger charge is 2.16. The number of fused-ring (bicyclic) bond motifs is 1. The number of hydrogen-bond donors (Lipinski definition) is 1. The minimum atomic E-state index is -0.0930. The second-order valence-electron chi connectivity index (χ2n) is 6.74. The van der Waals surface area contributed by atoms with Crippen LogP contribution in [0.1, 0.15) is 16.1 Å². The largest absolute Gasteiger partial charge is 0.497 e. The molecule has 1 amide bonds. The van der Waals surface area contributed by atoms with Gasteiger partial charge in [0.1, 0.15) is 11.4 Å². The Morgan fingerprint density at radius 1 is 1.00 bits per heavy atom. The average molecular weight is 371 g/mol. The third kappa shape index (κ3) is 3.60. The summed E-state index contributed by atoms with van der Waals surface area (Å²) in [5.74, 6) is 0.741. The zero-order valence-corrected chi connectivity index (χ0v) is 15.8. The molecule has 28 heavy (non-hydrogen) atoms. The van der Waals surface area contributed by atoms with Crippen molar-refractivity contribution >= 4 is 16.7 Å². The molecular weight excluding hydrogens is 350 g/mol. The van der Waals surface area contributed by atoms with Crippen LogP contribution in [0, 0.1) is 0 Å². The molecule has 0 bridgehead atoms. The Bertz CT molecular complexity index is 1120. The van der Waals surface area contributed by atoms with Crippen LogP contribution in [0.15, 0.2) is 72.8 Å². The van der Waals surface area contributed by atoms with E-state index in [4.69, 9.17) is 4.74 Å². The highest BCUT2D eigenvalue weighted by Crippen LogP contribution is 2.23. The minimum Gasteiger partial charge on any atom is -0.497 e. The molecule has 0 aliphatic carbocycles. The van der Waals surface area contributed by atoms with Gasteiger partial charge in [0.15, 0.2) is 0 Å². The molecule has 0 aliphatic heterocycles. The van der Waals surface area contributed by atoms with Crippen LogP contribution in [0.4, 0.5) is 0 Å². The first kappa shape index (κ1) is 17.8. The third-order valence-corrected chi connectivity index (χ3v) is 4.76. The van der Waals surface area contributed by atoms with Crippen LogP contribution >= 0.6 is 0 Å². The molecule has 0 fully saturated rings. The van der Waals surface area contributed by atoms with E-state index in [0.717, 1.165) is 33.3 Å². The zero-order chi connectivity index (χ0) is 19.5. The van der Waals surface area contributed by atoms with Gasteiger partial charge in [-0.25, -0.2) is 0 Å². The predicted molar refractivity (Wildman–Crippen MR) is 110 cm³/mol. The van der Waals surface area contributed by atoms with E-state index in [0.29, 0.717) is 12.2 Å². The molecule has 5 heteroatoms. The number of ether oxygens (including phenoxy) is 1. The first-order valence-corrected chi connectivity index (χ1v) is 9.07. The lowest BCUT2D eigenvalue weighted by molar-refractivity contribution is 0.0779. The smallest absolute Gasteiger partial charge is 0.271 e. The number of benzene rings is 3. The zero-order valence-electron chi connectivity index (χ0n) is 15.8. The standard InChI is InChI=1S/C23H21N3O2/c1-26(15-16-8-9-19-13-20(28-2)11-10-18(19)12-16)23(27)22-14-21(24-25-22)17-6-4-3-5-7-17/h3-14H,15H2,1-2H3,(H,24,25). The van der Waals surface area contributed by atoms with Gasteiger partial charge in [0.25, 0.3) is 5.91 Å². The summed E-state index contributed by atoms with van der Waals surface area (Å²) in [6, 6.07) is 23.7. The maximum Gasteiger partial charge on any atom is 0.271 e. The van der Waals surface area contributed by atoms with Gasteiger partial charge in [-0.15, -0.1) is 0 Å². The number of hydrogen-bond acceptors (Lipinski definition) is 3. The number of nitrogens with one attached hydrogen (secondary N) is 1. The number of amides is 1. The molecule has 1 heterocycles. The van der Waals surface area contributed by atoms with Gasteiger partial charge in [0.2, 0.25) is 0 Å². The Balaban J connectivity index is 1.50. The van der Waals surface area contributed by atoms with Crippen molar-refractivity contribution in [3.63, 3.8) is 0 Å². The Kier molecular flexibility index (Phi) is 4.81. The molecule has 0 spiro atoms. The average Bonchev–Trinajstić information content (AvgIpc) is 3.23. The van der Waals surface area contributed by atoms with E-state index >= 15 is 0 Å². The second-order valence-corrected chi connectivity index (χ2v) is 6.74. The number of carbonyl (C=O) groups excluding carboxylic acids is 1. The first-order chi connectivity index (χ1) is 13.6. The van der Waals surface area contributed by atoms with Crippen molar-refractivity contribution in [1.82, 2.24) is 15.1 Å². The molecule has 0 unspecified atom stereocenters. The van der Waals surface area contributed by atoms with E-state index < -0.39 is 0 Å². The van der Waals surface area contributed by atoms with Crippen LogP contribution in [0.2, 0.25) is 0 Å². The molecule has 5 nitrogen and oxygen atoms in total. The number of nitrogens with zero attached hydrogens (tertiary/aromatic N) is 2. The normalized spacial score (nSPS) is 10.8. The quantitative estimate of drug-likeness (QED) is 0.561. The molecule has 4 rings (SSSR count). The second kappa shape index (κ2) is 7.56. The molecule has 3 aromatic carbocycles. The molecular formula is C23H21N3O2. The molecule has 0 aliphatic rings. The number of H-pyrrole nitrogens is 1. The maximum atomic E-state index is 12.8. The van der Waals surface area contributed by atoms with Crippen molar-refractivity contribution < 1.29 is 9.53 Å². The number of rotatable bonds is 5. The summed E-state index contributed by atoms with van der Waals surface area (Å²) in [6.07, 6.45) is 0. The van der Waals surface area contributed by atoms with Gasteiger partial charge >= 0.3 is 0 Å². The van der Waals surface area contributed by atoms with Crippen LogP contribution in [-0.4, -0.2) is 35.2 Å². The number of methoxy groups -OCH3 is 1. The summed E-state index contributed by atoms with van der Waals surface area (Å²) in [4.78, 5) is 14.5. The first-order valence-electron chi connectivity index (χ1n) is 9.07. The lowest BCUT2D eigenvalue weighted by atomic mass is 10.1. The third-order valence-electron chi connectivity index (χ3n) is 4.76. The number of aromatic nitrogens is 2. The summed E-state index contributed by atoms with van der Waals surface area (Å²) in [6.45, 7) is 0.514. The lowest BCUT2D eigenvalue weighted by Gasteiger charge is -2.16. The molecule has 140 valence electrons. The highest BCUT2D eigenvalue weighted by molar-refractivity contribution is 5.93. The van der Waals surface area contributed by atoms with Crippen molar-refractivity contribution in [3.8, 4) is 17.0 Å². The topological polar surface area (TPSA) is 58.2 Å². The van der Waals surface area contributed by atoms with Gasteiger partial charge in [-0.1, -0.05) is 48.5 Å². The number of aromatic amines is 1. The molecule has 0 atom stereocenters. The van der Waals surface area contributed by atoms with E-state index in [2.05, 4.69) is 22.3 Å². The van der Waals surface area contributed by atoms with Crippen molar-refractivity contribution in [2.45, 2.75) is 6.54 Å². The monoisotopic (exact) mass is 371 g/mol. The van der Waals surface area contributed by atoms with Crippen molar-refractivity contribution in [3.05, 3.63) is 84.1 Å². The highest BCUT2D eigenvalue weighted by atomic mass is 16.5. The van der Waals surface area contributed by atoms with Gasteiger partial charge in [-0.05, 0) is 40.6 Å². The fourth-order valence-electron chi connectivity index (χ4n) is 3.24. The van der Waals surface area contributed by atoms with Crippen molar-refractivity contribution in [2.24, 2.45) is 0 Å². The Hall–Kier alpha value is -3.60. The van der Waals surface area contributed by atoms with Gasteiger partial charge in [0, 0.05) is 19.2 Å². The maximum absolute atomic E-state index is 12.8. The fourth-order valence-corrected chi connectivity index (χ4v) is 3.24. The van der Waals surface area contributed by atoms with Crippen LogP contribution in [0.5, 0.6) is 5.75 Å². The summed E-state index contributed by atoms with van der Waals surface area (Å²) in [7, 11) is 3.46. The molecule has 0 saturated carbocycles. The molecule has 1 N–H and O–H groups in total. The van der Waals surface area contributed by atoms with Crippen LogP contribution < -0.4 is 4.74 Å². The molecule has 0 radical (unpaired) electrons. The van der Waals surface area contributed by atoms with Crippen molar-refractivity contribution in [2.75, 3.05) is 14.2 Å². The molecule has 0 saturated heterocycles. The van der Waals surface area contributed by atoms with E-state index in [1.807, 2.05) is 54.6 Å². The van der Waals surface area contributed by atoms with Crippen molar-refractivity contribution in [1.29, 1.82) is 0 Å². The summed E-state index contributed by atoms with van der Waals surface area (Å²) in [5, 5.41) is 9.35. The summed E-state index contributed by atoms with van der Waals surface area (Å²) < 4.78 is 5.27. The van der Waals surface area contributed by atoms with E-state index in [1.54, 1.807) is 25.1 Å². The summed E-state index contributed by atoms with van der Waals surface area (Å²) in [5.41, 5.74) is 3.28. The lowest BCUT2D eigenvalue weighted by Crippen LogP contribution is -2.26. The van der Waals surface area contributed by atoms with Crippen LogP contribution in [-0.2, 0) is 6.54 Å². The van der Waals surface area contributed by atoms with Gasteiger partial charge in [0.05, 0.1) is 12.8 Å². The Labute approximate surface area is 163 Å². The van der Waals surface area contributed by atoms with E-state index in [1.165, 1.54) is 0 Å². The number of carbonyl (C=O) groups is 1. The van der Waals surface area contributed by atoms with E-state index in [-0.39, 0.29) is 5.91 Å². The van der Waals surface area contributed by atoms with Gasteiger partial charge < -0.3 is 9.64 Å². The fraction of sp³-hybridized carbons (Fsp3) is 0.130. The van der Waals surface area contributed by atoms with Gasteiger partial charge in [-0.2, -0.15) is 5.10 Å². The molecule has 1 aromatic heterocycles. The SMILES string of the molecule is COc1ccc2cc(CN(C)C(=O)c3cc(-c4ccccc4)n[nH]3)ccc2c1. The Morgan fingerprint density at radius 3 is 2.54 bits per heavy atom. The van der Waals surface area contributed by atoms with Gasteiger partial charge in [-0.3, -0.25) is 9.89 Å².